The molecule has 0 aliphatic carbocycles. The number of hydrogen-bond acceptors (Lipinski definition) is 6. The van der Waals surface area contributed by atoms with Crippen LogP contribution in [0.1, 0.15) is 21.5 Å². The zero-order chi connectivity index (χ0) is 20.2. The van der Waals surface area contributed by atoms with Gasteiger partial charge in [0.25, 0.3) is 5.91 Å². The Morgan fingerprint density at radius 2 is 1.83 bits per heavy atom. The predicted molar refractivity (Wildman–Crippen MR) is 114 cm³/mol. The molecule has 0 fully saturated rings. The van der Waals surface area contributed by atoms with E-state index in [2.05, 4.69) is 20.3 Å². The van der Waals surface area contributed by atoms with Gasteiger partial charge >= 0.3 is 0 Å². The maximum atomic E-state index is 12.3. The lowest BCUT2D eigenvalue weighted by Crippen LogP contribution is -2.11. The number of anilines is 1. The Kier molecular flexibility index (Phi) is 5.31. The van der Waals surface area contributed by atoms with E-state index in [1.54, 1.807) is 30.7 Å². The molecule has 6 nitrogen and oxygen atoms in total. The minimum atomic E-state index is -0.173. The van der Waals surface area contributed by atoms with E-state index in [1.165, 1.54) is 11.3 Å². The van der Waals surface area contributed by atoms with Gasteiger partial charge in [0.15, 0.2) is 5.13 Å². The zero-order valence-electron chi connectivity index (χ0n) is 15.9. The van der Waals surface area contributed by atoms with Gasteiger partial charge in [-0.15, -0.1) is 11.3 Å². The lowest BCUT2D eigenvalue weighted by atomic mass is 10.0. The molecule has 1 N–H and O–H groups in total. The van der Waals surface area contributed by atoms with Crippen LogP contribution in [0.2, 0.25) is 0 Å². The number of carbonyl (C=O) groups excluding carboxylic acids is 1. The molecule has 2 aromatic heterocycles. The Morgan fingerprint density at radius 1 is 1.07 bits per heavy atom. The van der Waals surface area contributed by atoms with Crippen LogP contribution in [0.4, 0.5) is 5.13 Å². The molecule has 0 radical (unpaired) electrons. The highest BCUT2D eigenvalue weighted by atomic mass is 32.1. The average Bonchev–Trinajstić information content (AvgIpc) is 3.17. The smallest absolute Gasteiger partial charge is 0.257 e. The number of carbonyl (C=O) groups is 1. The molecule has 4 aromatic rings. The van der Waals surface area contributed by atoms with E-state index in [4.69, 9.17) is 4.74 Å². The van der Waals surface area contributed by atoms with Gasteiger partial charge in [0.2, 0.25) is 5.88 Å². The minimum absolute atomic E-state index is 0.173. The second kappa shape index (κ2) is 8.20. The van der Waals surface area contributed by atoms with Gasteiger partial charge in [-0.1, -0.05) is 18.2 Å². The van der Waals surface area contributed by atoms with E-state index in [0.717, 1.165) is 22.4 Å². The Morgan fingerprint density at radius 3 is 2.52 bits per heavy atom. The molecule has 144 valence electrons. The van der Waals surface area contributed by atoms with Crippen molar-refractivity contribution in [3.8, 4) is 22.9 Å². The summed E-state index contributed by atoms with van der Waals surface area (Å²) in [5.41, 5.74) is 4.49. The molecule has 1 amide bonds. The summed E-state index contributed by atoms with van der Waals surface area (Å²) in [5, 5.41) is 5.37. The maximum Gasteiger partial charge on any atom is 0.257 e. The molecule has 7 heteroatoms. The van der Waals surface area contributed by atoms with Crippen molar-refractivity contribution in [3.63, 3.8) is 0 Å². The first kappa shape index (κ1) is 18.8. The summed E-state index contributed by atoms with van der Waals surface area (Å²) < 4.78 is 5.79. The number of nitrogens with one attached hydrogen (secondary N) is 1. The first-order chi connectivity index (χ1) is 14.1. The molecule has 0 saturated carbocycles. The van der Waals surface area contributed by atoms with Crippen LogP contribution in [0.25, 0.3) is 11.3 Å². The molecule has 0 aliphatic rings. The lowest BCUT2D eigenvalue weighted by molar-refractivity contribution is 0.102. The number of amides is 1. The van der Waals surface area contributed by atoms with Gasteiger partial charge < -0.3 is 4.74 Å². The van der Waals surface area contributed by atoms with E-state index >= 15 is 0 Å². The molecule has 2 aromatic carbocycles. The lowest BCUT2D eigenvalue weighted by Gasteiger charge is -2.11. The fraction of sp³-hybridized carbons (Fsp3) is 0.0909. The number of benzene rings is 2. The number of hydrogen-bond donors (Lipinski definition) is 1. The van der Waals surface area contributed by atoms with E-state index < -0.39 is 0 Å². The maximum absolute atomic E-state index is 12.3. The number of nitrogens with zero attached hydrogens (tertiary/aromatic N) is 3. The molecule has 0 atom stereocenters. The van der Waals surface area contributed by atoms with Crippen LogP contribution in [-0.4, -0.2) is 20.9 Å². The molecule has 29 heavy (non-hydrogen) atoms. The third-order valence-electron chi connectivity index (χ3n) is 4.28. The SMILES string of the molecule is Cc1cc(Oc2cnccn2)cc(C)c1-c1csc(NC(=O)c2ccccc2)n1. The summed E-state index contributed by atoms with van der Waals surface area (Å²) in [4.78, 5) is 25.1. The van der Waals surface area contributed by atoms with Gasteiger partial charge in [0, 0.05) is 28.9 Å². The van der Waals surface area contributed by atoms with Crippen LogP contribution < -0.4 is 10.1 Å². The minimum Gasteiger partial charge on any atom is -0.437 e. The average molecular weight is 402 g/mol. The summed E-state index contributed by atoms with van der Waals surface area (Å²) in [6.45, 7) is 4.01. The van der Waals surface area contributed by atoms with E-state index in [0.29, 0.717) is 22.3 Å². The number of rotatable bonds is 5. The van der Waals surface area contributed by atoms with Crippen molar-refractivity contribution in [1.29, 1.82) is 0 Å². The van der Waals surface area contributed by atoms with Crippen LogP contribution in [0.5, 0.6) is 11.6 Å². The van der Waals surface area contributed by atoms with Crippen molar-refractivity contribution < 1.29 is 9.53 Å². The highest BCUT2D eigenvalue weighted by molar-refractivity contribution is 7.14. The highest BCUT2D eigenvalue weighted by Gasteiger charge is 2.14. The number of thiazole rings is 1. The third-order valence-corrected chi connectivity index (χ3v) is 5.04. The molecular weight excluding hydrogens is 384 g/mol. The zero-order valence-corrected chi connectivity index (χ0v) is 16.7. The molecule has 4 rings (SSSR count). The summed E-state index contributed by atoms with van der Waals surface area (Å²) in [6, 6.07) is 13.0. The van der Waals surface area contributed by atoms with Crippen molar-refractivity contribution in [3.05, 3.63) is 83.1 Å². The van der Waals surface area contributed by atoms with Crippen LogP contribution in [0.15, 0.2) is 66.4 Å². The summed E-state index contributed by atoms with van der Waals surface area (Å²) in [7, 11) is 0. The molecule has 0 bridgehead atoms. The summed E-state index contributed by atoms with van der Waals surface area (Å²) in [6.07, 6.45) is 4.76. The quantitative estimate of drug-likeness (QED) is 0.493. The number of ether oxygens (including phenoxy) is 1. The third kappa shape index (κ3) is 4.30. The van der Waals surface area contributed by atoms with Crippen LogP contribution in [0.3, 0.4) is 0 Å². The van der Waals surface area contributed by atoms with Crippen molar-refractivity contribution in [2.24, 2.45) is 0 Å². The van der Waals surface area contributed by atoms with Gasteiger partial charge in [0.1, 0.15) is 5.75 Å². The van der Waals surface area contributed by atoms with Crippen LogP contribution in [-0.2, 0) is 0 Å². The van der Waals surface area contributed by atoms with Crippen molar-refractivity contribution >= 4 is 22.4 Å². The fourth-order valence-corrected chi connectivity index (χ4v) is 3.75. The Labute approximate surface area is 172 Å². The normalized spacial score (nSPS) is 10.6. The monoisotopic (exact) mass is 402 g/mol. The van der Waals surface area contributed by atoms with Crippen LogP contribution >= 0.6 is 11.3 Å². The summed E-state index contributed by atoms with van der Waals surface area (Å²) >= 11 is 1.40. The predicted octanol–water partition coefficient (Wildman–Crippen LogP) is 5.26. The second-order valence-corrected chi connectivity index (χ2v) is 7.29. The number of aryl methyl sites for hydroxylation is 2. The molecule has 0 spiro atoms. The van der Waals surface area contributed by atoms with Gasteiger partial charge in [-0.3, -0.25) is 15.1 Å². The fourth-order valence-electron chi connectivity index (χ4n) is 3.05. The van der Waals surface area contributed by atoms with Crippen molar-refractivity contribution in [2.75, 3.05) is 5.32 Å². The summed E-state index contributed by atoms with van der Waals surface area (Å²) in [5.74, 6) is 0.961. The Hall–Kier alpha value is -3.58. The number of aromatic nitrogens is 3. The van der Waals surface area contributed by atoms with Crippen molar-refractivity contribution in [1.82, 2.24) is 15.0 Å². The van der Waals surface area contributed by atoms with E-state index in [1.807, 2.05) is 49.6 Å². The second-order valence-electron chi connectivity index (χ2n) is 6.44. The van der Waals surface area contributed by atoms with Crippen LogP contribution in [0, 0.1) is 13.8 Å². The largest absolute Gasteiger partial charge is 0.437 e. The van der Waals surface area contributed by atoms with E-state index in [9.17, 15) is 4.79 Å². The highest BCUT2D eigenvalue weighted by Crippen LogP contribution is 2.34. The van der Waals surface area contributed by atoms with Gasteiger partial charge in [0.05, 0.1) is 11.9 Å². The van der Waals surface area contributed by atoms with Gasteiger partial charge in [-0.25, -0.2) is 9.97 Å². The molecule has 0 aliphatic heterocycles. The molecular formula is C22H18N4O2S. The molecule has 0 unspecified atom stereocenters. The molecule has 2 heterocycles. The van der Waals surface area contributed by atoms with Gasteiger partial charge in [-0.2, -0.15) is 0 Å². The Balaban J connectivity index is 1.55. The first-order valence-corrected chi connectivity index (χ1v) is 9.85. The molecule has 0 saturated heterocycles. The van der Waals surface area contributed by atoms with Gasteiger partial charge in [-0.05, 0) is 49.2 Å². The Bertz CT molecular complexity index is 1120. The topological polar surface area (TPSA) is 77.0 Å². The first-order valence-electron chi connectivity index (χ1n) is 8.97. The van der Waals surface area contributed by atoms with E-state index in [-0.39, 0.29) is 5.91 Å². The standard InChI is InChI=1S/C22H18N4O2S/c1-14-10-17(28-19-12-23-8-9-24-19)11-15(2)20(14)18-13-29-22(25-18)26-21(27)16-6-4-3-5-7-16/h3-13H,1-2H3,(H,25,26,27). The van der Waals surface area contributed by atoms with Crippen molar-refractivity contribution in [2.45, 2.75) is 13.8 Å².